The lowest BCUT2D eigenvalue weighted by Gasteiger charge is -2.20. The molecule has 1 N–H and O–H groups in total. The monoisotopic (exact) mass is 245 g/mol. The van der Waals surface area contributed by atoms with Crippen molar-refractivity contribution in [2.24, 2.45) is 0 Å². The average molecular weight is 245 g/mol. The fourth-order valence-electron chi connectivity index (χ4n) is 1.77. The highest BCUT2D eigenvalue weighted by atomic mass is 16.5. The minimum atomic E-state index is -0.716. The van der Waals surface area contributed by atoms with Gasteiger partial charge < -0.3 is 14.6 Å². The molecule has 0 unspecified atom stereocenters. The Bertz CT molecular complexity index is 219. The zero-order valence-electron chi connectivity index (χ0n) is 10.6. The van der Waals surface area contributed by atoms with Gasteiger partial charge in [-0.05, 0) is 19.3 Å². The molecule has 0 radical (unpaired) electrons. The first-order chi connectivity index (χ1) is 8.24. The average Bonchev–Trinajstić information content (AvgIpc) is 3.11. The molecule has 100 valence electrons. The van der Waals surface area contributed by atoms with Gasteiger partial charge in [0.05, 0.1) is 19.6 Å². The molecule has 0 aromatic carbocycles. The maximum atomic E-state index is 10.5. The number of carbonyl (C=O) groups is 1. The van der Waals surface area contributed by atoms with Crippen molar-refractivity contribution in [3.63, 3.8) is 0 Å². The summed E-state index contributed by atoms with van der Waals surface area (Å²) in [6.07, 6.45) is 3.62. The van der Waals surface area contributed by atoms with E-state index in [2.05, 4.69) is 4.90 Å². The summed E-state index contributed by atoms with van der Waals surface area (Å²) in [5.74, 6) is -0.716. The molecule has 1 aliphatic carbocycles. The summed E-state index contributed by atoms with van der Waals surface area (Å²) < 4.78 is 10.3. The predicted octanol–water partition coefficient (Wildman–Crippen LogP) is 0.979. The Morgan fingerprint density at radius 1 is 1.29 bits per heavy atom. The molecule has 5 nitrogen and oxygen atoms in total. The third-order valence-corrected chi connectivity index (χ3v) is 2.84. The molecule has 1 rings (SSSR count). The van der Waals surface area contributed by atoms with Crippen LogP contribution in [-0.2, 0) is 14.3 Å². The number of methoxy groups -OCH3 is 1. The molecule has 0 atom stereocenters. The number of hydrogen-bond donors (Lipinski definition) is 1. The molecule has 0 aromatic rings. The highest BCUT2D eigenvalue weighted by molar-refractivity contribution is 5.66. The van der Waals surface area contributed by atoms with Crippen LogP contribution in [0.3, 0.4) is 0 Å². The maximum absolute atomic E-state index is 10.5. The van der Waals surface area contributed by atoms with Crippen LogP contribution in [0.1, 0.15) is 25.7 Å². The van der Waals surface area contributed by atoms with Crippen molar-refractivity contribution in [2.45, 2.75) is 31.7 Å². The predicted molar refractivity (Wildman–Crippen MR) is 64.2 cm³/mol. The number of hydrogen-bond acceptors (Lipinski definition) is 4. The molecule has 17 heavy (non-hydrogen) atoms. The topological polar surface area (TPSA) is 59.0 Å². The highest BCUT2D eigenvalue weighted by Gasteiger charge is 2.28. The van der Waals surface area contributed by atoms with Gasteiger partial charge in [-0.2, -0.15) is 0 Å². The summed E-state index contributed by atoms with van der Waals surface area (Å²) in [6.45, 7) is 3.59. The molecule has 0 aromatic heterocycles. The normalized spacial score (nSPS) is 15.4. The lowest BCUT2D eigenvalue weighted by atomic mass is 10.3. The molecule has 0 aliphatic heterocycles. The van der Waals surface area contributed by atoms with Crippen molar-refractivity contribution in [2.75, 3.05) is 40.0 Å². The van der Waals surface area contributed by atoms with E-state index in [9.17, 15) is 4.79 Å². The highest BCUT2D eigenvalue weighted by Crippen LogP contribution is 2.26. The first-order valence-electron chi connectivity index (χ1n) is 6.26. The molecule has 0 heterocycles. The van der Waals surface area contributed by atoms with Crippen LogP contribution in [0.4, 0.5) is 0 Å². The molecule has 0 saturated heterocycles. The van der Waals surface area contributed by atoms with Gasteiger partial charge in [-0.3, -0.25) is 9.69 Å². The minimum Gasteiger partial charge on any atom is -0.481 e. The van der Waals surface area contributed by atoms with Gasteiger partial charge in [-0.25, -0.2) is 0 Å². The van der Waals surface area contributed by atoms with Crippen molar-refractivity contribution in [3.8, 4) is 0 Å². The molecular formula is C12H23NO4. The van der Waals surface area contributed by atoms with E-state index in [4.69, 9.17) is 14.6 Å². The summed E-state index contributed by atoms with van der Waals surface area (Å²) in [5, 5.41) is 8.67. The van der Waals surface area contributed by atoms with E-state index in [-0.39, 0.29) is 6.42 Å². The second-order valence-electron chi connectivity index (χ2n) is 4.37. The second kappa shape index (κ2) is 8.44. The summed E-state index contributed by atoms with van der Waals surface area (Å²) in [6, 6.07) is 0.619. The number of carboxylic acids is 1. The largest absolute Gasteiger partial charge is 0.481 e. The lowest BCUT2D eigenvalue weighted by molar-refractivity contribution is -0.137. The van der Waals surface area contributed by atoms with Crippen molar-refractivity contribution >= 4 is 5.97 Å². The number of ether oxygens (including phenoxy) is 2. The Labute approximate surface area is 103 Å². The van der Waals surface area contributed by atoms with Crippen molar-refractivity contribution in [1.29, 1.82) is 0 Å². The summed E-state index contributed by atoms with van der Waals surface area (Å²) in [5.41, 5.74) is 0. The number of nitrogens with zero attached hydrogens (tertiary/aromatic N) is 1. The van der Waals surface area contributed by atoms with Crippen LogP contribution in [0.2, 0.25) is 0 Å². The first kappa shape index (κ1) is 14.4. The third kappa shape index (κ3) is 7.31. The Kier molecular flexibility index (Phi) is 7.16. The van der Waals surface area contributed by atoms with Crippen molar-refractivity contribution in [1.82, 2.24) is 4.90 Å². The van der Waals surface area contributed by atoms with Gasteiger partial charge in [-0.15, -0.1) is 0 Å². The van der Waals surface area contributed by atoms with Gasteiger partial charge >= 0.3 is 5.97 Å². The van der Waals surface area contributed by atoms with E-state index in [1.165, 1.54) is 12.8 Å². The molecule has 1 saturated carbocycles. The van der Waals surface area contributed by atoms with Gasteiger partial charge in [0.2, 0.25) is 0 Å². The molecule has 0 spiro atoms. The summed E-state index contributed by atoms with van der Waals surface area (Å²) in [7, 11) is 1.66. The van der Waals surface area contributed by atoms with Crippen LogP contribution in [-0.4, -0.2) is 62.0 Å². The van der Waals surface area contributed by atoms with Crippen molar-refractivity contribution < 1.29 is 19.4 Å². The molecule has 1 fully saturated rings. The van der Waals surface area contributed by atoms with Gasteiger partial charge in [-0.1, -0.05) is 0 Å². The SMILES string of the molecule is COCCOCCCN(CCC(=O)O)C1CC1. The van der Waals surface area contributed by atoms with E-state index in [1.54, 1.807) is 7.11 Å². The zero-order chi connectivity index (χ0) is 12.5. The fraction of sp³-hybridized carbons (Fsp3) is 0.917. The fourth-order valence-corrected chi connectivity index (χ4v) is 1.77. The van der Waals surface area contributed by atoms with Crippen LogP contribution in [0.25, 0.3) is 0 Å². The minimum absolute atomic E-state index is 0.237. The van der Waals surface area contributed by atoms with Crippen LogP contribution >= 0.6 is 0 Å². The van der Waals surface area contributed by atoms with Crippen LogP contribution in [0.5, 0.6) is 0 Å². The zero-order valence-corrected chi connectivity index (χ0v) is 10.6. The first-order valence-corrected chi connectivity index (χ1v) is 6.26. The second-order valence-corrected chi connectivity index (χ2v) is 4.37. The Hall–Kier alpha value is -0.650. The molecule has 0 bridgehead atoms. The molecule has 5 heteroatoms. The quantitative estimate of drug-likeness (QED) is 0.550. The molecule has 1 aliphatic rings. The van der Waals surface area contributed by atoms with Gasteiger partial charge in [0.25, 0.3) is 0 Å². The van der Waals surface area contributed by atoms with E-state index in [0.29, 0.717) is 25.8 Å². The van der Waals surface area contributed by atoms with Crippen LogP contribution < -0.4 is 0 Å². The van der Waals surface area contributed by atoms with Crippen LogP contribution in [0, 0.1) is 0 Å². The number of aliphatic carboxylic acids is 1. The van der Waals surface area contributed by atoms with Gasteiger partial charge in [0.15, 0.2) is 0 Å². The van der Waals surface area contributed by atoms with Gasteiger partial charge in [0, 0.05) is 32.8 Å². The van der Waals surface area contributed by atoms with E-state index < -0.39 is 5.97 Å². The lowest BCUT2D eigenvalue weighted by Crippen LogP contribution is -2.30. The summed E-state index contributed by atoms with van der Waals surface area (Å²) >= 11 is 0. The third-order valence-electron chi connectivity index (χ3n) is 2.84. The van der Waals surface area contributed by atoms with E-state index in [1.807, 2.05) is 0 Å². The maximum Gasteiger partial charge on any atom is 0.304 e. The molecular weight excluding hydrogens is 222 g/mol. The summed E-state index contributed by atoms with van der Waals surface area (Å²) in [4.78, 5) is 12.8. The van der Waals surface area contributed by atoms with E-state index >= 15 is 0 Å². The standard InChI is InChI=1S/C12H23NO4/c1-16-9-10-17-8-2-6-13(11-3-4-11)7-5-12(14)15/h11H,2-10H2,1H3,(H,14,15). The Morgan fingerprint density at radius 2 is 2.06 bits per heavy atom. The smallest absolute Gasteiger partial charge is 0.304 e. The van der Waals surface area contributed by atoms with Crippen molar-refractivity contribution in [3.05, 3.63) is 0 Å². The number of carboxylic acid groups (broad SMARTS) is 1. The Morgan fingerprint density at radius 3 is 2.65 bits per heavy atom. The van der Waals surface area contributed by atoms with Gasteiger partial charge in [0.1, 0.15) is 0 Å². The van der Waals surface area contributed by atoms with Crippen LogP contribution in [0.15, 0.2) is 0 Å². The Balaban J connectivity index is 2.02. The molecule has 0 amide bonds. The number of rotatable bonds is 11. The van der Waals surface area contributed by atoms with E-state index in [0.717, 1.165) is 19.6 Å².